The molecule has 0 fully saturated rings. The second-order valence-corrected chi connectivity index (χ2v) is 5.89. The number of fused-ring (bicyclic) bond motifs is 1. The van der Waals surface area contributed by atoms with Crippen molar-refractivity contribution in [3.8, 4) is 0 Å². The lowest BCUT2D eigenvalue weighted by Gasteiger charge is -2.12. The first-order valence-corrected chi connectivity index (χ1v) is 7.38. The van der Waals surface area contributed by atoms with Gasteiger partial charge in [-0.05, 0) is 30.2 Å². The maximum absolute atomic E-state index is 12.4. The highest BCUT2D eigenvalue weighted by atomic mass is 32.2. The Balaban J connectivity index is 1.81. The van der Waals surface area contributed by atoms with Crippen LogP contribution in [0.15, 0.2) is 41.4 Å². The molecule has 1 aromatic carbocycles. The van der Waals surface area contributed by atoms with Gasteiger partial charge in [0.25, 0.3) is 0 Å². The molecule has 3 N–H and O–H groups in total. The molecular formula is C15H15N3OS. The molecule has 4 nitrogen and oxygen atoms in total. The Morgan fingerprint density at radius 2 is 2.25 bits per heavy atom. The second-order valence-electron chi connectivity index (χ2n) is 4.82. The van der Waals surface area contributed by atoms with E-state index >= 15 is 0 Å². The van der Waals surface area contributed by atoms with E-state index in [1.54, 1.807) is 24.0 Å². The summed E-state index contributed by atoms with van der Waals surface area (Å²) < 4.78 is 0. The number of hydrogen-bond donors (Lipinski definition) is 2. The molecule has 1 unspecified atom stereocenters. The molecule has 0 saturated heterocycles. The van der Waals surface area contributed by atoms with Crippen molar-refractivity contribution < 1.29 is 4.79 Å². The largest absolute Gasteiger partial charge is 0.397 e. The van der Waals surface area contributed by atoms with Gasteiger partial charge in [-0.2, -0.15) is 0 Å². The molecule has 1 aliphatic heterocycles. The molecule has 102 valence electrons. The number of anilines is 2. The Hall–Kier alpha value is -2.01. The summed E-state index contributed by atoms with van der Waals surface area (Å²) in [6.07, 6.45) is 1.56. The van der Waals surface area contributed by atoms with E-state index in [1.165, 1.54) is 4.90 Å². The smallest absolute Gasteiger partial charge is 0.233 e. The second kappa shape index (κ2) is 5.17. The number of thioether (sulfide) groups is 1. The molecule has 1 aromatic heterocycles. The standard InChI is InChI=1S/C15H15N3OS/c1-9-6-10(16)7-17-14(9)18-15(19)12-8-20-13-5-3-2-4-11(12)13/h2-7,12H,8,16H2,1H3,(H,17,18,19). The Kier molecular flexibility index (Phi) is 3.36. The van der Waals surface area contributed by atoms with E-state index < -0.39 is 0 Å². The van der Waals surface area contributed by atoms with Crippen LogP contribution in [0.5, 0.6) is 0 Å². The first kappa shape index (κ1) is 13.0. The normalized spacial score (nSPS) is 16.8. The average molecular weight is 285 g/mol. The van der Waals surface area contributed by atoms with Gasteiger partial charge in [-0.25, -0.2) is 4.98 Å². The van der Waals surface area contributed by atoms with Crippen LogP contribution in [0.1, 0.15) is 17.0 Å². The quantitative estimate of drug-likeness (QED) is 0.890. The predicted molar refractivity (Wildman–Crippen MR) is 81.9 cm³/mol. The number of aromatic nitrogens is 1. The monoisotopic (exact) mass is 285 g/mol. The van der Waals surface area contributed by atoms with Crippen molar-refractivity contribution >= 4 is 29.2 Å². The molecule has 20 heavy (non-hydrogen) atoms. The number of pyridine rings is 1. The number of nitrogens with two attached hydrogens (primary N) is 1. The molecule has 0 saturated carbocycles. The van der Waals surface area contributed by atoms with Crippen molar-refractivity contribution in [2.75, 3.05) is 16.8 Å². The van der Waals surface area contributed by atoms with Gasteiger partial charge in [-0.15, -0.1) is 11.8 Å². The zero-order valence-electron chi connectivity index (χ0n) is 11.1. The predicted octanol–water partition coefficient (Wildman–Crippen LogP) is 2.80. The number of rotatable bonds is 2. The lowest BCUT2D eigenvalue weighted by molar-refractivity contribution is -0.117. The highest BCUT2D eigenvalue weighted by Crippen LogP contribution is 2.39. The highest BCUT2D eigenvalue weighted by Gasteiger charge is 2.29. The number of benzene rings is 1. The van der Waals surface area contributed by atoms with Crippen LogP contribution in [-0.2, 0) is 4.79 Å². The molecule has 0 radical (unpaired) electrons. The van der Waals surface area contributed by atoms with Gasteiger partial charge in [0.2, 0.25) is 5.91 Å². The summed E-state index contributed by atoms with van der Waals surface area (Å²) in [5.41, 5.74) is 8.24. The lowest BCUT2D eigenvalue weighted by Crippen LogP contribution is -2.22. The minimum absolute atomic E-state index is 0.0113. The number of nitrogen functional groups attached to an aromatic ring is 1. The van der Waals surface area contributed by atoms with Crippen LogP contribution < -0.4 is 11.1 Å². The van der Waals surface area contributed by atoms with Gasteiger partial charge in [0.15, 0.2) is 0 Å². The van der Waals surface area contributed by atoms with E-state index in [1.807, 2.05) is 25.1 Å². The van der Waals surface area contributed by atoms with Gasteiger partial charge in [0.1, 0.15) is 5.82 Å². The Bertz CT molecular complexity index is 672. The minimum atomic E-state index is -0.116. The van der Waals surface area contributed by atoms with E-state index in [9.17, 15) is 4.79 Å². The lowest BCUT2D eigenvalue weighted by atomic mass is 10.0. The minimum Gasteiger partial charge on any atom is -0.397 e. The number of amides is 1. The van der Waals surface area contributed by atoms with Crippen LogP contribution >= 0.6 is 11.8 Å². The van der Waals surface area contributed by atoms with Crippen LogP contribution in [0.25, 0.3) is 0 Å². The number of hydrogen-bond acceptors (Lipinski definition) is 4. The number of aryl methyl sites for hydroxylation is 1. The molecule has 5 heteroatoms. The third-order valence-electron chi connectivity index (χ3n) is 3.36. The summed E-state index contributed by atoms with van der Waals surface area (Å²) in [6.45, 7) is 1.89. The average Bonchev–Trinajstić information content (AvgIpc) is 2.86. The molecule has 2 aromatic rings. The van der Waals surface area contributed by atoms with Crippen molar-refractivity contribution in [1.29, 1.82) is 0 Å². The molecule has 0 bridgehead atoms. The summed E-state index contributed by atoms with van der Waals surface area (Å²) in [5, 5.41) is 2.90. The summed E-state index contributed by atoms with van der Waals surface area (Å²) in [7, 11) is 0. The van der Waals surface area contributed by atoms with E-state index in [0.29, 0.717) is 11.5 Å². The van der Waals surface area contributed by atoms with Crippen molar-refractivity contribution in [2.24, 2.45) is 0 Å². The van der Waals surface area contributed by atoms with Crippen LogP contribution in [0.3, 0.4) is 0 Å². The summed E-state index contributed by atoms with van der Waals surface area (Å²) in [5.74, 6) is 1.23. The maximum Gasteiger partial charge on any atom is 0.233 e. The summed E-state index contributed by atoms with van der Waals surface area (Å²) in [6, 6.07) is 9.85. The molecule has 2 heterocycles. The van der Waals surface area contributed by atoms with E-state index in [2.05, 4.69) is 16.4 Å². The van der Waals surface area contributed by atoms with Gasteiger partial charge < -0.3 is 11.1 Å². The number of carbonyl (C=O) groups is 1. The third-order valence-corrected chi connectivity index (χ3v) is 4.54. The van der Waals surface area contributed by atoms with Crippen LogP contribution in [0.4, 0.5) is 11.5 Å². The fourth-order valence-electron chi connectivity index (χ4n) is 2.31. The Morgan fingerprint density at radius 1 is 1.45 bits per heavy atom. The molecule has 0 spiro atoms. The fraction of sp³-hybridized carbons (Fsp3) is 0.200. The molecule has 1 amide bonds. The van der Waals surface area contributed by atoms with Gasteiger partial charge in [-0.1, -0.05) is 18.2 Å². The highest BCUT2D eigenvalue weighted by molar-refractivity contribution is 7.99. The first-order chi connectivity index (χ1) is 9.65. The maximum atomic E-state index is 12.4. The van der Waals surface area contributed by atoms with Crippen molar-refractivity contribution in [1.82, 2.24) is 4.98 Å². The number of carbonyl (C=O) groups excluding carboxylic acids is 1. The van der Waals surface area contributed by atoms with E-state index in [0.717, 1.165) is 16.9 Å². The molecular weight excluding hydrogens is 270 g/mol. The van der Waals surface area contributed by atoms with Gasteiger partial charge in [0, 0.05) is 10.6 Å². The molecule has 1 aliphatic rings. The van der Waals surface area contributed by atoms with Crippen LogP contribution in [0, 0.1) is 6.92 Å². The van der Waals surface area contributed by atoms with E-state index in [4.69, 9.17) is 5.73 Å². The zero-order chi connectivity index (χ0) is 14.1. The third kappa shape index (κ3) is 2.36. The van der Waals surface area contributed by atoms with Gasteiger partial charge >= 0.3 is 0 Å². The first-order valence-electron chi connectivity index (χ1n) is 6.40. The van der Waals surface area contributed by atoms with Crippen molar-refractivity contribution in [2.45, 2.75) is 17.7 Å². The Labute approximate surface area is 121 Å². The van der Waals surface area contributed by atoms with Gasteiger partial charge in [-0.3, -0.25) is 4.79 Å². The van der Waals surface area contributed by atoms with Crippen molar-refractivity contribution in [3.05, 3.63) is 47.7 Å². The molecule has 0 aliphatic carbocycles. The van der Waals surface area contributed by atoms with Crippen LogP contribution in [-0.4, -0.2) is 16.6 Å². The fourth-order valence-corrected chi connectivity index (χ4v) is 3.54. The summed E-state index contributed by atoms with van der Waals surface area (Å²) in [4.78, 5) is 17.8. The Morgan fingerprint density at radius 3 is 3.05 bits per heavy atom. The van der Waals surface area contributed by atoms with Crippen LogP contribution in [0.2, 0.25) is 0 Å². The number of nitrogens with one attached hydrogen (secondary N) is 1. The summed E-state index contributed by atoms with van der Waals surface area (Å²) >= 11 is 1.72. The SMILES string of the molecule is Cc1cc(N)cnc1NC(=O)C1CSc2ccccc21. The van der Waals surface area contributed by atoms with Gasteiger partial charge in [0.05, 0.1) is 17.8 Å². The molecule has 3 rings (SSSR count). The number of nitrogens with zero attached hydrogens (tertiary/aromatic N) is 1. The molecule has 1 atom stereocenters. The zero-order valence-corrected chi connectivity index (χ0v) is 11.9. The van der Waals surface area contributed by atoms with Crippen molar-refractivity contribution in [3.63, 3.8) is 0 Å². The topological polar surface area (TPSA) is 68.0 Å². The van der Waals surface area contributed by atoms with E-state index in [-0.39, 0.29) is 11.8 Å².